The number of hydrogen-bond acceptors (Lipinski definition) is 3. The number of carbonyl (C=O) groups excluding carboxylic acids is 1. The number of hydrogen-bond donors (Lipinski definition) is 2. The summed E-state index contributed by atoms with van der Waals surface area (Å²) in [4.78, 5) is 11.9. The van der Waals surface area contributed by atoms with Gasteiger partial charge in [-0.15, -0.1) is 0 Å². The lowest BCUT2D eigenvalue weighted by Gasteiger charge is -2.31. The SMILES string of the molecule is CC(C)CC(C)OCCC(=O)NC1CCCCC1CN. The molecule has 3 N–H and O–H groups in total. The zero-order valence-corrected chi connectivity index (χ0v) is 13.4. The van der Waals surface area contributed by atoms with Crippen molar-refractivity contribution in [2.24, 2.45) is 17.6 Å². The molecule has 0 bridgehead atoms. The third-order valence-corrected chi connectivity index (χ3v) is 4.09. The fraction of sp³-hybridized carbons (Fsp3) is 0.938. The fourth-order valence-corrected chi connectivity index (χ4v) is 3.04. The van der Waals surface area contributed by atoms with Crippen molar-refractivity contribution >= 4 is 5.91 Å². The Morgan fingerprint density at radius 3 is 2.65 bits per heavy atom. The minimum absolute atomic E-state index is 0.104. The zero-order chi connectivity index (χ0) is 15.0. The van der Waals surface area contributed by atoms with Crippen LogP contribution in [0, 0.1) is 11.8 Å². The third kappa shape index (κ3) is 6.71. The fourth-order valence-electron chi connectivity index (χ4n) is 3.04. The van der Waals surface area contributed by atoms with Crippen LogP contribution < -0.4 is 11.1 Å². The molecule has 0 aliphatic heterocycles. The van der Waals surface area contributed by atoms with Gasteiger partial charge in [-0.1, -0.05) is 26.7 Å². The second-order valence-electron chi connectivity index (χ2n) is 6.52. The monoisotopic (exact) mass is 284 g/mol. The molecule has 1 aliphatic carbocycles. The summed E-state index contributed by atoms with van der Waals surface area (Å²) in [5, 5.41) is 3.14. The molecule has 0 radical (unpaired) electrons. The smallest absolute Gasteiger partial charge is 0.222 e. The van der Waals surface area contributed by atoms with Crippen LogP contribution in [0.2, 0.25) is 0 Å². The van der Waals surface area contributed by atoms with Crippen LogP contribution in [0.1, 0.15) is 59.3 Å². The van der Waals surface area contributed by atoms with Gasteiger partial charge in [0.05, 0.1) is 12.7 Å². The minimum atomic E-state index is 0.104. The maximum Gasteiger partial charge on any atom is 0.222 e. The largest absolute Gasteiger partial charge is 0.378 e. The molecule has 0 heterocycles. The third-order valence-electron chi connectivity index (χ3n) is 4.09. The van der Waals surface area contributed by atoms with Crippen LogP contribution in [-0.2, 0) is 9.53 Å². The van der Waals surface area contributed by atoms with Crippen molar-refractivity contribution in [1.82, 2.24) is 5.32 Å². The van der Waals surface area contributed by atoms with Gasteiger partial charge in [-0.3, -0.25) is 4.79 Å². The van der Waals surface area contributed by atoms with E-state index in [0.29, 0.717) is 31.4 Å². The van der Waals surface area contributed by atoms with Gasteiger partial charge in [-0.2, -0.15) is 0 Å². The first-order chi connectivity index (χ1) is 9.52. The van der Waals surface area contributed by atoms with Crippen LogP contribution in [0.3, 0.4) is 0 Å². The summed E-state index contributed by atoms with van der Waals surface area (Å²) in [6.07, 6.45) is 6.37. The molecule has 1 fully saturated rings. The molecule has 0 aromatic rings. The van der Waals surface area contributed by atoms with Crippen molar-refractivity contribution in [3.63, 3.8) is 0 Å². The molecule has 4 heteroatoms. The highest BCUT2D eigenvalue weighted by atomic mass is 16.5. The van der Waals surface area contributed by atoms with E-state index >= 15 is 0 Å². The molecule has 118 valence electrons. The maximum absolute atomic E-state index is 11.9. The second-order valence-corrected chi connectivity index (χ2v) is 6.52. The molecule has 3 unspecified atom stereocenters. The Bertz CT molecular complexity index is 282. The van der Waals surface area contributed by atoms with E-state index in [1.54, 1.807) is 0 Å². The Labute approximate surface area is 123 Å². The highest BCUT2D eigenvalue weighted by Crippen LogP contribution is 2.23. The Morgan fingerprint density at radius 2 is 2.00 bits per heavy atom. The minimum Gasteiger partial charge on any atom is -0.378 e. The van der Waals surface area contributed by atoms with Crippen LogP contribution in [0.15, 0.2) is 0 Å². The average Bonchev–Trinajstić information content (AvgIpc) is 2.38. The molecule has 1 amide bonds. The van der Waals surface area contributed by atoms with E-state index in [4.69, 9.17) is 10.5 Å². The molecule has 0 spiro atoms. The Morgan fingerprint density at radius 1 is 1.30 bits per heavy atom. The topological polar surface area (TPSA) is 64.3 Å². The van der Waals surface area contributed by atoms with Gasteiger partial charge >= 0.3 is 0 Å². The first-order valence-corrected chi connectivity index (χ1v) is 8.14. The lowest BCUT2D eigenvalue weighted by Crippen LogP contribution is -2.45. The van der Waals surface area contributed by atoms with Crippen molar-refractivity contribution in [3.8, 4) is 0 Å². The maximum atomic E-state index is 11.9. The van der Waals surface area contributed by atoms with Gasteiger partial charge in [-0.25, -0.2) is 0 Å². The number of carbonyl (C=O) groups is 1. The summed E-state index contributed by atoms with van der Waals surface area (Å²) in [7, 11) is 0. The molecule has 1 aliphatic rings. The number of rotatable bonds is 8. The van der Waals surface area contributed by atoms with E-state index in [-0.39, 0.29) is 18.1 Å². The van der Waals surface area contributed by atoms with Crippen LogP contribution in [0.25, 0.3) is 0 Å². The highest BCUT2D eigenvalue weighted by molar-refractivity contribution is 5.76. The summed E-state index contributed by atoms with van der Waals surface area (Å²) in [6.45, 7) is 7.63. The van der Waals surface area contributed by atoms with E-state index < -0.39 is 0 Å². The quantitative estimate of drug-likeness (QED) is 0.719. The molecule has 4 nitrogen and oxygen atoms in total. The zero-order valence-electron chi connectivity index (χ0n) is 13.4. The lowest BCUT2D eigenvalue weighted by molar-refractivity contribution is -0.123. The lowest BCUT2D eigenvalue weighted by atomic mass is 9.84. The van der Waals surface area contributed by atoms with Crippen LogP contribution in [0.5, 0.6) is 0 Å². The van der Waals surface area contributed by atoms with E-state index in [2.05, 4.69) is 26.1 Å². The van der Waals surface area contributed by atoms with Gasteiger partial charge in [0.25, 0.3) is 0 Å². The van der Waals surface area contributed by atoms with Gasteiger partial charge in [-0.05, 0) is 44.6 Å². The molecule has 1 rings (SSSR count). The van der Waals surface area contributed by atoms with Gasteiger partial charge in [0.1, 0.15) is 0 Å². The molecule has 0 aromatic carbocycles. The number of amides is 1. The summed E-state index contributed by atoms with van der Waals surface area (Å²) in [5.74, 6) is 1.19. The first-order valence-electron chi connectivity index (χ1n) is 8.14. The predicted molar refractivity (Wildman–Crippen MR) is 82.4 cm³/mol. The van der Waals surface area contributed by atoms with E-state index in [1.807, 2.05) is 0 Å². The molecule has 3 atom stereocenters. The van der Waals surface area contributed by atoms with Crippen molar-refractivity contribution < 1.29 is 9.53 Å². The average molecular weight is 284 g/mol. The molecule has 1 saturated carbocycles. The Balaban J connectivity index is 2.19. The second kappa shape index (κ2) is 9.35. The molecule has 0 saturated heterocycles. The number of nitrogens with two attached hydrogens (primary N) is 1. The number of nitrogens with one attached hydrogen (secondary N) is 1. The van der Waals surface area contributed by atoms with Crippen molar-refractivity contribution in [3.05, 3.63) is 0 Å². The summed E-state index contributed by atoms with van der Waals surface area (Å²) in [6, 6.07) is 0.273. The number of ether oxygens (including phenoxy) is 1. The van der Waals surface area contributed by atoms with E-state index in [1.165, 1.54) is 12.8 Å². The Hall–Kier alpha value is -0.610. The normalized spacial score (nSPS) is 24.6. The van der Waals surface area contributed by atoms with Crippen molar-refractivity contribution in [1.29, 1.82) is 0 Å². The first kappa shape index (κ1) is 17.4. The van der Waals surface area contributed by atoms with E-state index in [0.717, 1.165) is 19.3 Å². The van der Waals surface area contributed by atoms with Crippen LogP contribution in [-0.4, -0.2) is 31.2 Å². The molecular formula is C16H32N2O2. The molecule has 0 aromatic heterocycles. The van der Waals surface area contributed by atoms with Gasteiger partial charge in [0.2, 0.25) is 5.91 Å². The summed E-state index contributed by atoms with van der Waals surface area (Å²) >= 11 is 0. The highest BCUT2D eigenvalue weighted by Gasteiger charge is 2.25. The van der Waals surface area contributed by atoms with Crippen molar-refractivity contribution in [2.45, 2.75) is 71.4 Å². The summed E-state index contributed by atoms with van der Waals surface area (Å²) < 4.78 is 5.68. The van der Waals surface area contributed by atoms with E-state index in [9.17, 15) is 4.79 Å². The van der Waals surface area contributed by atoms with Gasteiger partial charge in [0.15, 0.2) is 0 Å². The molecular weight excluding hydrogens is 252 g/mol. The predicted octanol–water partition coefficient (Wildman–Crippen LogP) is 2.46. The van der Waals surface area contributed by atoms with Crippen molar-refractivity contribution in [2.75, 3.05) is 13.2 Å². The summed E-state index contributed by atoms with van der Waals surface area (Å²) in [5.41, 5.74) is 5.78. The Kier molecular flexibility index (Phi) is 8.15. The standard InChI is InChI=1S/C16H32N2O2/c1-12(2)10-13(3)20-9-8-16(19)18-15-7-5-4-6-14(15)11-17/h12-15H,4-11,17H2,1-3H3,(H,18,19). The van der Waals surface area contributed by atoms with Crippen LogP contribution in [0.4, 0.5) is 0 Å². The molecule has 20 heavy (non-hydrogen) atoms. The van der Waals surface area contributed by atoms with Crippen LogP contribution >= 0.6 is 0 Å². The van der Waals surface area contributed by atoms with Gasteiger partial charge < -0.3 is 15.8 Å². The van der Waals surface area contributed by atoms with Gasteiger partial charge in [0, 0.05) is 12.5 Å².